The maximum absolute atomic E-state index is 11.6. The molecule has 0 bridgehead atoms. The molecular formula is C17H33NO. The van der Waals surface area contributed by atoms with E-state index in [4.69, 9.17) is 5.73 Å². The van der Waals surface area contributed by atoms with E-state index in [1.165, 1.54) is 44.9 Å². The molecule has 2 aliphatic carbocycles. The fourth-order valence-electron chi connectivity index (χ4n) is 4.95. The van der Waals surface area contributed by atoms with Gasteiger partial charge in [0.1, 0.15) is 0 Å². The van der Waals surface area contributed by atoms with Crippen molar-refractivity contribution in [1.82, 2.24) is 0 Å². The summed E-state index contributed by atoms with van der Waals surface area (Å²) in [5.41, 5.74) is 5.72. The Labute approximate surface area is 119 Å². The van der Waals surface area contributed by atoms with Crippen molar-refractivity contribution in [3.63, 3.8) is 0 Å². The van der Waals surface area contributed by atoms with E-state index in [1.54, 1.807) is 0 Å². The third-order valence-electron chi connectivity index (χ3n) is 6.11. The van der Waals surface area contributed by atoms with Crippen LogP contribution in [-0.4, -0.2) is 17.3 Å². The van der Waals surface area contributed by atoms with Gasteiger partial charge in [-0.1, -0.05) is 52.4 Å². The van der Waals surface area contributed by atoms with E-state index in [2.05, 4.69) is 13.8 Å². The number of rotatable bonds is 3. The summed E-state index contributed by atoms with van der Waals surface area (Å²) in [6.45, 7) is 5.23. The van der Waals surface area contributed by atoms with Gasteiger partial charge in [-0.05, 0) is 37.5 Å². The molecule has 0 aromatic carbocycles. The summed E-state index contributed by atoms with van der Waals surface area (Å²) in [4.78, 5) is 0. The summed E-state index contributed by atoms with van der Waals surface area (Å²) in [6, 6.07) is 0. The van der Waals surface area contributed by atoms with Gasteiger partial charge in [0.2, 0.25) is 0 Å². The molecule has 2 nitrogen and oxygen atoms in total. The SMILES string of the molecule is CC(C)C1CCCCC1(O)C1(CN)CCCCCC1. The van der Waals surface area contributed by atoms with E-state index in [-0.39, 0.29) is 5.41 Å². The lowest BCUT2D eigenvalue weighted by Gasteiger charge is -2.54. The van der Waals surface area contributed by atoms with Gasteiger partial charge in [-0.2, -0.15) is 0 Å². The highest BCUT2D eigenvalue weighted by atomic mass is 16.3. The first kappa shape index (κ1) is 15.3. The van der Waals surface area contributed by atoms with Gasteiger partial charge in [-0.3, -0.25) is 0 Å². The molecule has 2 rings (SSSR count). The molecular weight excluding hydrogens is 234 g/mol. The van der Waals surface area contributed by atoms with Crippen LogP contribution < -0.4 is 5.73 Å². The molecule has 0 aromatic heterocycles. The molecule has 0 radical (unpaired) electrons. The molecule has 0 aromatic rings. The van der Waals surface area contributed by atoms with E-state index < -0.39 is 5.60 Å². The molecule has 19 heavy (non-hydrogen) atoms. The van der Waals surface area contributed by atoms with Crippen LogP contribution in [0.2, 0.25) is 0 Å². The maximum atomic E-state index is 11.6. The van der Waals surface area contributed by atoms with Crippen LogP contribution in [0.5, 0.6) is 0 Å². The van der Waals surface area contributed by atoms with Gasteiger partial charge in [0, 0.05) is 12.0 Å². The van der Waals surface area contributed by atoms with Gasteiger partial charge in [0.25, 0.3) is 0 Å². The minimum atomic E-state index is -0.501. The Hall–Kier alpha value is -0.0800. The summed E-state index contributed by atoms with van der Waals surface area (Å²) in [5, 5.41) is 11.6. The van der Waals surface area contributed by atoms with Gasteiger partial charge >= 0.3 is 0 Å². The Balaban J connectivity index is 2.31. The lowest BCUT2D eigenvalue weighted by Crippen LogP contribution is -2.59. The molecule has 0 aliphatic heterocycles. The molecule has 2 unspecified atom stereocenters. The average molecular weight is 267 g/mol. The normalized spacial score (nSPS) is 36.2. The van der Waals surface area contributed by atoms with Crippen LogP contribution in [0.1, 0.15) is 78.1 Å². The lowest BCUT2D eigenvalue weighted by atomic mass is 9.55. The van der Waals surface area contributed by atoms with E-state index in [0.717, 1.165) is 19.3 Å². The first-order valence-corrected chi connectivity index (χ1v) is 8.48. The van der Waals surface area contributed by atoms with Gasteiger partial charge in [0.05, 0.1) is 5.60 Å². The maximum Gasteiger partial charge on any atom is 0.0746 e. The topological polar surface area (TPSA) is 46.2 Å². The number of hydrogen-bond acceptors (Lipinski definition) is 2. The molecule has 0 spiro atoms. The number of hydrogen-bond donors (Lipinski definition) is 2. The highest BCUT2D eigenvalue weighted by Gasteiger charge is 2.54. The van der Waals surface area contributed by atoms with E-state index in [9.17, 15) is 5.11 Å². The predicted molar refractivity (Wildman–Crippen MR) is 80.9 cm³/mol. The highest BCUT2D eigenvalue weighted by Crippen LogP contribution is 2.53. The Kier molecular flexibility index (Phi) is 4.94. The van der Waals surface area contributed by atoms with Gasteiger partial charge in [0.15, 0.2) is 0 Å². The van der Waals surface area contributed by atoms with Gasteiger partial charge in [-0.15, -0.1) is 0 Å². The quantitative estimate of drug-likeness (QED) is 0.763. The van der Waals surface area contributed by atoms with E-state index in [0.29, 0.717) is 18.4 Å². The monoisotopic (exact) mass is 267 g/mol. The second-order valence-corrected chi connectivity index (χ2v) is 7.42. The minimum absolute atomic E-state index is 0.00113. The van der Waals surface area contributed by atoms with Crippen molar-refractivity contribution < 1.29 is 5.11 Å². The van der Waals surface area contributed by atoms with Gasteiger partial charge in [-0.25, -0.2) is 0 Å². The fourth-order valence-corrected chi connectivity index (χ4v) is 4.95. The molecule has 0 amide bonds. The smallest absolute Gasteiger partial charge is 0.0746 e. The van der Waals surface area contributed by atoms with Crippen molar-refractivity contribution >= 4 is 0 Å². The van der Waals surface area contributed by atoms with Crippen molar-refractivity contribution in [3.05, 3.63) is 0 Å². The number of aliphatic hydroxyl groups is 1. The van der Waals surface area contributed by atoms with Gasteiger partial charge < -0.3 is 10.8 Å². The van der Waals surface area contributed by atoms with Crippen molar-refractivity contribution in [2.45, 2.75) is 83.7 Å². The molecule has 2 fully saturated rings. The van der Waals surface area contributed by atoms with Crippen molar-refractivity contribution in [2.24, 2.45) is 23.0 Å². The van der Waals surface area contributed by atoms with Crippen LogP contribution in [0.3, 0.4) is 0 Å². The predicted octanol–water partition coefficient (Wildman–Crippen LogP) is 3.86. The molecule has 2 saturated carbocycles. The van der Waals surface area contributed by atoms with E-state index in [1.807, 2.05) is 0 Å². The molecule has 3 N–H and O–H groups in total. The molecule has 0 saturated heterocycles. The van der Waals surface area contributed by atoms with Crippen LogP contribution in [0, 0.1) is 17.3 Å². The Morgan fingerprint density at radius 3 is 2.11 bits per heavy atom. The first-order chi connectivity index (χ1) is 9.06. The van der Waals surface area contributed by atoms with Crippen LogP contribution in [0.4, 0.5) is 0 Å². The third-order valence-corrected chi connectivity index (χ3v) is 6.11. The minimum Gasteiger partial charge on any atom is -0.389 e. The fraction of sp³-hybridized carbons (Fsp3) is 1.00. The molecule has 2 aliphatic rings. The summed E-state index contributed by atoms with van der Waals surface area (Å²) in [5.74, 6) is 1.01. The Bertz CT molecular complexity index is 281. The second-order valence-electron chi connectivity index (χ2n) is 7.42. The van der Waals surface area contributed by atoms with Crippen LogP contribution in [0.25, 0.3) is 0 Å². The highest BCUT2D eigenvalue weighted by molar-refractivity contribution is 5.06. The largest absolute Gasteiger partial charge is 0.389 e. The van der Waals surface area contributed by atoms with Crippen molar-refractivity contribution in [3.8, 4) is 0 Å². The molecule has 2 atom stereocenters. The Morgan fingerprint density at radius 1 is 1.00 bits per heavy atom. The lowest BCUT2D eigenvalue weighted by molar-refractivity contribution is -0.162. The molecule has 0 heterocycles. The summed E-state index contributed by atoms with van der Waals surface area (Å²) < 4.78 is 0. The first-order valence-electron chi connectivity index (χ1n) is 8.48. The van der Waals surface area contributed by atoms with Crippen molar-refractivity contribution in [1.29, 1.82) is 0 Å². The summed E-state index contributed by atoms with van der Waals surface area (Å²) >= 11 is 0. The Morgan fingerprint density at radius 2 is 1.58 bits per heavy atom. The van der Waals surface area contributed by atoms with E-state index >= 15 is 0 Å². The second kappa shape index (κ2) is 6.13. The number of nitrogens with two attached hydrogens (primary N) is 1. The summed E-state index contributed by atoms with van der Waals surface area (Å²) in [7, 11) is 0. The van der Waals surface area contributed by atoms with Crippen LogP contribution >= 0.6 is 0 Å². The zero-order valence-corrected chi connectivity index (χ0v) is 13.0. The zero-order chi connectivity index (χ0) is 13.9. The van der Waals surface area contributed by atoms with Crippen LogP contribution in [0.15, 0.2) is 0 Å². The van der Waals surface area contributed by atoms with Crippen LogP contribution in [-0.2, 0) is 0 Å². The molecule has 2 heteroatoms. The summed E-state index contributed by atoms with van der Waals surface area (Å²) in [6.07, 6.45) is 12.1. The molecule has 112 valence electrons. The zero-order valence-electron chi connectivity index (χ0n) is 13.0. The average Bonchev–Trinajstić information content (AvgIpc) is 2.65. The third kappa shape index (κ3) is 2.71. The standard InChI is InChI=1S/C17H33NO/c1-14(2)15-9-5-8-12-17(15,19)16(13-18)10-6-3-4-7-11-16/h14-15,19H,3-13,18H2,1-2H3. The van der Waals surface area contributed by atoms with Crippen molar-refractivity contribution in [2.75, 3.05) is 6.54 Å².